The first-order chi connectivity index (χ1) is 13.9. The molecule has 8 heteroatoms. The topological polar surface area (TPSA) is 102 Å². The van der Waals surface area contributed by atoms with Crippen molar-refractivity contribution in [2.75, 3.05) is 19.0 Å². The number of hydrogen-bond donors (Lipinski definition) is 1. The maximum Gasteiger partial charge on any atom is 0.329 e. The summed E-state index contributed by atoms with van der Waals surface area (Å²) in [6.45, 7) is 0.968. The molecule has 8 nitrogen and oxygen atoms in total. The second-order valence-electron chi connectivity index (χ2n) is 8.00. The van der Waals surface area contributed by atoms with Gasteiger partial charge in [-0.1, -0.05) is 6.07 Å². The molecule has 0 aromatic heterocycles. The van der Waals surface area contributed by atoms with Crippen LogP contribution in [0.2, 0.25) is 0 Å². The minimum Gasteiger partial charge on any atom is -0.497 e. The van der Waals surface area contributed by atoms with E-state index in [1.807, 2.05) is 0 Å². The van der Waals surface area contributed by atoms with Crippen molar-refractivity contribution in [1.29, 1.82) is 0 Å². The summed E-state index contributed by atoms with van der Waals surface area (Å²) >= 11 is 0. The number of hydrogen-bond acceptors (Lipinski definition) is 6. The molecule has 3 amide bonds. The Morgan fingerprint density at radius 2 is 1.83 bits per heavy atom. The summed E-state index contributed by atoms with van der Waals surface area (Å²) in [5.74, 6) is -1.30. The molecule has 1 aromatic carbocycles. The van der Waals surface area contributed by atoms with Gasteiger partial charge in [0.05, 0.1) is 18.9 Å². The summed E-state index contributed by atoms with van der Waals surface area (Å²) in [5, 5.41) is 2.61. The van der Waals surface area contributed by atoms with Gasteiger partial charge in [-0.15, -0.1) is 0 Å². The van der Waals surface area contributed by atoms with E-state index in [1.165, 1.54) is 14.0 Å². The van der Waals surface area contributed by atoms with Crippen LogP contribution in [0.25, 0.3) is 0 Å². The zero-order valence-corrected chi connectivity index (χ0v) is 16.4. The van der Waals surface area contributed by atoms with Crippen LogP contribution in [0.4, 0.5) is 5.69 Å². The fraction of sp³-hybridized carbons (Fsp3) is 0.524. The second kappa shape index (κ2) is 7.50. The number of esters is 1. The minimum absolute atomic E-state index is 0.253. The average Bonchev–Trinajstić information content (AvgIpc) is 3.39. The summed E-state index contributed by atoms with van der Waals surface area (Å²) in [4.78, 5) is 51.1. The smallest absolute Gasteiger partial charge is 0.329 e. The van der Waals surface area contributed by atoms with Gasteiger partial charge in [0.15, 0.2) is 6.61 Å². The number of amides is 3. The Labute approximate surface area is 168 Å². The zero-order valence-electron chi connectivity index (χ0n) is 16.4. The molecule has 29 heavy (non-hydrogen) atoms. The van der Waals surface area contributed by atoms with Gasteiger partial charge in [0.2, 0.25) is 11.8 Å². The van der Waals surface area contributed by atoms with Crippen LogP contribution in [-0.2, 0) is 23.9 Å². The van der Waals surface area contributed by atoms with Crippen LogP contribution in [0.1, 0.15) is 26.2 Å². The summed E-state index contributed by atoms with van der Waals surface area (Å²) in [6, 6.07) is 5.74. The first-order valence-corrected chi connectivity index (χ1v) is 9.88. The maximum absolute atomic E-state index is 12.8. The highest BCUT2D eigenvalue weighted by Gasteiger charge is 2.62. The van der Waals surface area contributed by atoms with Gasteiger partial charge in [0, 0.05) is 11.8 Å². The summed E-state index contributed by atoms with van der Waals surface area (Å²) < 4.78 is 10.2. The molecule has 2 bridgehead atoms. The third kappa shape index (κ3) is 3.36. The van der Waals surface area contributed by atoms with Crippen molar-refractivity contribution in [2.24, 2.45) is 23.7 Å². The van der Waals surface area contributed by atoms with Gasteiger partial charge in [-0.25, -0.2) is 4.79 Å². The molecule has 5 atom stereocenters. The van der Waals surface area contributed by atoms with E-state index in [0.717, 1.165) is 24.2 Å². The molecule has 1 aromatic rings. The lowest BCUT2D eigenvalue weighted by molar-refractivity contribution is -0.159. The number of nitrogens with zero attached hydrogens (tertiary/aromatic N) is 1. The van der Waals surface area contributed by atoms with Crippen molar-refractivity contribution in [2.45, 2.75) is 32.2 Å². The molecule has 154 valence electrons. The Balaban J connectivity index is 1.33. The van der Waals surface area contributed by atoms with E-state index in [-0.39, 0.29) is 35.5 Å². The van der Waals surface area contributed by atoms with Crippen LogP contribution in [0.3, 0.4) is 0 Å². The minimum atomic E-state index is -1.04. The van der Waals surface area contributed by atoms with Crippen molar-refractivity contribution >= 4 is 29.4 Å². The molecule has 1 heterocycles. The molecule has 1 saturated heterocycles. The van der Waals surface area contributed by atoms with Crippen LogP contribution in [-0.4, -0.2) is 48.3 Å². The first-order valence-electron chi connectivity index (χ1n) is 9.88. The molecule has 0 unspecified atom stereocenters. The van der Waals surface area contributed by atoms with Gasteiger partial charge >= 0.3 is 5.97 Å². The molecule has 2 aliphatic carbocycles. The van der Waals surface area contributed by atoms with Crippen LogP contribution >= 0.6 is 0 Å². The Morgan fingerprint density at radius 3 is 2.45 bits per heavy atom. The average molecular weight is 400 g/mol. The predicted molar refractivity (Wildman–Crippen MR) is 102 cm³/mol. The molecule has 1 aliphatic heterocycles. The first kappa shape index (κ1) is 19.4. The number of methoxy groups -OCH3 is 1. The van der Waals surface area contributed by atoms with Crippen molar-refractivity contribution in [3.8, 4) is 5.75 Å². The molecule has 4 rings (SSSR count). The molecular weight excluding hydrogens is 376 g/mol. The largest absolute Gasteiger partial charge is 0.497 e. The molecule has 3 aliphatic rings. The molecule has 3 fully saturated rings. The number of anilines is 1. The van der Waals surface area contributed by atoms with Crippen molar-refractivity contribution in [3.63, 3.8) is 0 Å². The molecule has 0 radical (unpaired) electrons. The van der Waals surface area contributed by atoms with E-state index in [0.29, 0.717) is 11.4 Å². The SMILES string of the molecule is COc1cccc(NC(=O)COC(=O)[C@H](C)N2C(=O)[C@@H]3[C@@H]4CC[C@@H](C4)[C@@H]3C2=O)c1. The fourth-order valence-electron chi connectivity index (χ4n) is 5.07. The number of fused-ring (bicyclic) bond motifs is 5. The van der Waals surface area contributed by atoms with Crippen molar-refractivity contribution in [3.05, 3.63) is 24.3 Å². The number of carbonyl (C=O) groups is 4. The van der Waals surface area contributed by atoms with E-state index in [2.05, 4.69) is 5.32 Å². The lowest BCUT2D eigenvalue weighted by Crippen LogP contribution is -2.45. The quantitative estimate of drug-likeness (QED) is 0.575. The zero-order chi connectivity index (χ0) is 20.7. The number of rotatable bonds is 6. The highest BCUT2D eigenvalue weighted by atomic mass is 16.5. The predicted octanol–water partition coefficient (Wildman–Crippen LogP) is 1.60. The fourth-order valence-corrected chi connectivity index (χ4v) is 5.07. The monoisotopic (exact) mass is 400 g/mol. The van der Waals surface area contributed by atoms with Crippen LogP contribution in [0, 0.1) is 23.7 Å². The molecule has 0 spiro atoms. The number of imide groups is 1. The number of likely N-dealkylation sites (tertiary alicyclic amines) is 1. The summed E-state index contributed by atoms with van der Waals surface area (Å²) in [7, 11) is 1.52. The lowest BCUT2D eigenvalue weighted by Gasteiger charge is -2.23. The molecule has 2 saturated carbocycles. The van der Waals surface area contributed by atoms with Gasteiger partial charge in [-0.2, -0.15) is 0 Å². The van der Waals surface area contributed by atoms with Crippen LogP contribution in [0.15, 0.2) is 24.3 Å². The highest BCUT2D eigenvalue weighted by Crippen LogP contribution is 2.56. The van der Waals surface area contributed by atoms with Crippen molar-refractivity contribution in [1.82, 2.24) is 4.90 Å². The van der Waals surface area contributed by atoms with Gasteiger partial charge < -0.3 is 14.8 Å². The van der Waals surface area contributed by atoms with Crippen LogP contribution in [0.5, 0.6) is 5.75 Å². The van der Waals surface area contributed by atoms with E-state index in [9.17, 15) is 19.2 Å². The maximum atomic E-state index is 12.8. The summed E-state index contributed by atoms with van der Waals surface area (Å²) in [6.07, 6.45) is 2.88. The number of carbonyl (C=O) groups excluding carboxylic acids is 4. The van der Waals surface area contributed by atoms with Crippen LogP contribution < -0.4 is 10.1 Å². The standard InChI is InChI=1S/C21H24N2O6/c1-11(23-19(25)17-12-6-7-13(8-12)18(17)20(23)26)21(27)29-10-16(24)22-14-4-3-5-15(9-14)28-2/h3-5,9,11-13,17-18H,6-8,10H2,1-2H3,(H,22,24)/t11-,12-,13+,17-,18+/m0/s1. The summed E-state index contributed by atoms with van der Waals surface area (Å²) in [5.41, 5.74) is 0.506. The Hall–Kier alpha value is -2.90. The third-order valence-electron chi connectivity index (χ3n) is 6.39. The van der Waals surface area contributed by atoms with Gasteiger partial charge in [-0.3, -0.25) is 19.3 Å². The van der Waals surface area contributed by atoms with Gasteiger partial charge in [0.1, 0.15) is 11.8 Å². The third-order valence-corrected chi connectivity index (χ3v) is 6.39. The second-order valence-corrected chi connectivity index (χ2v) is 8.00. The normalized spacial score (nSPS) is 28.3. The van der Waals surface area contributed by atoms with E-state index in [1.54, 1.807) is 24.3 Å². The number of ether oxygens (including phenoxy) is 2. The molecular formula is C21H24N2O6. The van der Waals surface area contributed by atoms with E-state index < -0.39 is 24.5 Å². The van der Waals surface area contributed by atoms with E-state index in [4.69, 9.17) is 9.47 Å². The van der Waals surface area contributed by atoms with Gasteiger partial charge in [0.25, 0.3) is 5.91 Å². The molecule has 1 N–H and O–H groups in total. The van der Waals surface area contributed by atoms with Gasteiger partial charge in [-0.05, 0) is 50.2 Å². The van der Waals surface area contributed by atoms with E-state index >= 15 is 0 Å². The number of benzene rings is 1. The van der Waals surface area contributed by atoms with Crippen molar-refractivity contribution < 1.29 is 28.7 Å². The highest BCUT2D eigenvalue weighted by molar-refractivity contribution is 6.08. The number of nitrogens with one attached hydrogen (secondary N) is 1. The Bertz CT molecular complexity index is 840. The Morgan fingerprint density at radius 1 is 1.17 bits per heavy atom. The lowest BCUT2D eigenvalue weighted by atomic mass is 9.81. The Kier molecular flexibility index (Phi) is 5.02.